The van der Waals surface area contributed by atoms with Crippen LogP contribution in [0.2, 0.25) is 0 Å². The molecular weight excluding hydrogens is 376 g/mol. The van der Waals surface area contributed by atoms with E-state index in [1.54, 1.807) is 0 Å². The van der Waals surface area contributed by atoms with Crippen molar-refractivity contribution < 1.29 is 14.3 Å². The molecule has 4 rings (SSSR count). The highest BCUT2D eigenvalue weighted by atomic mass is 16.5. The molecular formula is C25H26N2O3. The number of amides is 2. The lowest BCUT2D eigenvalue weighted by Crippen LogP contribution is -2.39. The van der Waals surface area contributed by atoms with E-state index in [4.69, 9.17) is 4.74 Å². The summed E-state index contributed by atoms with van der Waals surface area (Å²) >= 11 is 0. The maximum Gasteiger partial charge on any atom is 0.239 e. The van der Waals surface area contributed by atoms with E-state index in [0.717, 1.165) is 34.9 Å². The average Bonchev–Trinajstić information content (AvgIpc) is 3.23. The molecule has 0 saturated carbocycles. The van der Waals surface area contributed by atoms with E-state index in [0.29, 0.717) is 13.2 Å². The first-order chi connectivity index (χ1) is 14.7. The summed E-state index contributed by atoms with van der Waals surface area (Å²) in [6.45, 7) is 0.756. The van der Waals surface area contributed by atoms with Gasteiger partial charge in [0.25, 0.3) is 0 Å². The van der Waals surface area contributed by atoms with E-state index in [1.165, 1.54) is 17.5 Å². The number of rotatable bonds is 8. The Kier molecular flexibility index (Phi) is 6.28. The maximum atomic E-state index is 12.3. The zero-order chi connectivity index (χ0) is 20.8. The first kappa shape index (κ1) is 20.0. The minimum Gasteiger partial charge on any atom is -0.492 e. The fourth-order valence-electron chi connectivity index (χ4n) is 3.92. The molecule has 5 heteroatoms. The third-order valence-corrected chi connectivity index (χ3v) is 5.44. The van der Waals surface area contributed by atoms with Crippen LogP contribution in [-0.2, 0) is 28.9 Å². The molecule has 5 nitrogen and oxygen atoms in total. The molecule has 0 saturated heterocycles. The minimum absolute atomic E-state index is 0.0392. The van der Waals surface area contributed by atoms with Gasteiger partial charge in [0.15, 0.2) is 0 Å². The summed E-state index contributed by atoms with van der Waals surface area (Å²) in [6.07, 6.45) is 3.72. The van der Waals surface area contributed by atoms with E-state index in [2.05, 4.69) is 22.8 Å². The van der Waals surface area contributed by atoms with E-state index < -0.39 is 0 Å². The van der Waals surface area contributed by atoms with Crippen LogP contribution in [0.25, 0.3) is 10.8 Å². The zero-order valence-electron chi connectivity index (χ0n) is 16.9. The fourth-order valence-corrected chi connectivity index (χ4v) is 3.92. The maximum absolute atomic E-state index is 12.3. The standard InChI is InChI=1S/C25H26N2O3/c28-24(16-21-9-4-7-19-5-1-2-10-23(19)21)27-17-25(29)26-13-14-30-22-12-11-18-6-3-8-20(18)15-22/h1-2,4-5,7,9-12,15H,3,6,8,13-14,16-17H2,(H,26,29)(H,27,28). The molecule has 154 valence electrons. The summed E-state index contributed by atoms with van der Waals surface area (Å²) in [5.41, 5.74) is 3.73. The lowest BCUT2D eigenvalue weighted by atomic mass is 10.0. The quantitative estimate of drug-likeness (QED) is 0.569. The minimum atomic E-state index is -0.223. The van der Waals surface area contributed by atoms with Crippen LogP contribution in [-0.4, -0.2) is 31.5 Å². The van der Waals surface area contributed by atoms with Gasteiger partial charge in [0, 0.05) is 0 Å². The molecule has 0 unspecified atom stereocenters. The lowest BCUT2D eigenvalue weighted by molar-refractivity contribution is -0.125. The molecule has 3 aromatic rings. The van der Waals surface area contributed by atoms with Gasteiger partial charge in [-0.1, -0.05) is 48.5 Å². The number of carbonyl (C=O) groups is 2. The summed E-state index contributed by atoms with van der Waals surface area (Å²) in [6, 6.07) is 20.1. The number of benzene rings is 3. The van der Waals surface area contributed by atoms with Gasteiger partial charge >= 0.3 is 0 Å². The predicted octanol–water partition coefficient (Wildman–Crippen LogP) is 3.18. The molecule has 0 radical (unpaired) electrons. The van der Waals surface area contributed by atoms with Gasteiger partial charge < -0.3 is 15.4 Å². The van der Waals surface area contributed by atoms with Crippen LogP contribution < -0.4 is 15.4 Å². The second kappa shape index (κ2) is 9.44. The van der Waals surface area contributed by atoms with Gasteiger partial charge in [-0.3, -0.25) is 9.59 Å². The Labute approximate surface area is 176 Å². The molecule has 1 aliphatic rings. The largest absolute Gasteiger partial charge is 0.492 e. The van der Waals surface area contributed by atoms with Crippen molar-refractivity contribution in [2.75, 3.05) is 19.7 Å². The second-order valence-corrected chi connectivity index (χ2v) is 7.57. The molecule has 0 aromatic heterocycles. The van der Waals surface area contributed by atoms with Crippen molar-refractivity contribution in [3.05, 3.63) is 77.4 Å². The first-order valence-electron chi connectivity index (χ1n) is 10.4. The Hall–Kier alpha value is -3.34. The molecule has 0 bridgehead atoms. The number of ether oxygens (including phenoxy) is 1. The summed E-state index contributed by atoms with van der Waals surface area (Å²) in [5.74, 6) is 0.447. The number of hydrogen-bond acceptors (Lipinski definition) is 3. The Morgan fingerprint density at radius 1 is 0.867 bits per heavy atom. The van der Waals surface area contributed by atoms with Crippen molar-refractivity contribution in [2.24, 2.45) is 0 Å². The van der Waals surface area contributed by atoms with Gasteiger partial charge in [-0.05, 0) is 58.9 Å². The third-order valence-electron chi connectivity index (χ3n) is 5.44. The Morgan fingerprint density at radius 2 is 1.70 bits per heavy atom. The van der Waals surface area contributed by atoms with Gasteiger partial charge in [0.2, 0.25) is 11.8 Å². The van der Waals surface area contributed by atoms with Crippen molar-refractivity contribution in [3.8, 4) is 5.75 Å². The summed E-state index contributed by atoms with van der Waals surface area (Å²) < 4.78 is 5.73. The van der Waals surface area contributed by atoms with Gasteiger partial charge in [-0.2, -0.15) is 0 Å². The molecule has 30 heavy (non-hydrogen) atoms. The van der Waals surface area contributed by atoms with Crippen LogP contribution in [0.5, 0.6) is 5.75 Å². The summed E-state index contributed by atoms with van der Waals surface area (Å²) in [4.78, 5) is 24.2. The second-order valence-electron chi connectivity index (χ2n) is 7.57. The normalized spacial score (nSPS) is 12.4. The number of nitrogens with one attached hydrogen (secondary N) is 2. The third kappa shape index (κ3) is 4.98. The highest BCUT2D eigenvalue weighted by Crippen LogP contribution is 2.25. The van der Waals surface area contributed by atoms with Crippen LogP contribution in [0.3, 0.4) is 0 Å². The van der Waals surface area contributed by atoms with E-state index in [-0.39, 0.29) is 24.8 Å². The molecule has 3 aromatic carbocycles. The molecule has 1 aliphatic carbocycles. The molecule has 2 N–H and O–H groups in total. The van der Waals surface area contributed by atoms with Crippen molar-refractivity contribution in [1.29, 1.82) is 0 Å². The van der Waals surface area contributed by atoms with Gasteiger partial charge in [-0.15, -0.1) is 0 Å². The van der Waals surface area contributed by atoms with Gasteiger partial charge in [0.1, 0.15) is 12.4 Å². The molecule has 0 spiro atoms. The van der Waals surface area contributed by atoms with Crippen LogP contribution in [0.4, 0.5) is 0 Å². The van der Waals surface area contributed by atoms with Crippen molar-refractivity contribution in [1.82, 2.24) is 10.6 Å². The Balaban J connectivity index is 1.17. The van der Waals surface area contributed by atoms with Crippen molar-refractivity contribution in [2.45, 2.75) is 25.7 Å². The lowest BCUT2D eigenvalue weighted by Gasteiger charge is -2.10. The Bertz CT molecular complexity index is 1060. The highest BCUT2D eigenvalue weighted by molar-refractivity contribution is 5.91. The molecule has 2 amide bonds. The monoisotopic (exact) mass is 402 g/mol. The number of aryl methyl sites for hydroxylation is 2. The molecule has 0 atom stereocenters. The SMILES string of the molecule is O=C(CNC(=O)Cc1cccc2ccccc12)NCCOc1ccc2c(c1)CCC2. The van der Waals surface area contributed by atoms with Crippen LogP contribution in [0.1, 0.15) is 23.1 Å². The number of hydrogen-bond donors (Lipinski definition) is 2. The predicted molar refractivity (Wildman–Crippen MR) is 118 cm³/mol. The zero-order valence-corrected chi connectivity index (χ0v) is 16.9. The summed E-state index contributed by atoms with van der Waals surface area (Å²) in [7, 11) is 0. The van der Waals surface area contributed by atoms with Gasteiger partial charge in [-0.25, -0.2) is 0 Å². The Morgan fingerprint density at radius 3 is 2.63 bits per heavy atom. The van der Waals surface area contributed by atoms with Crippen LogP contribution >= 0.6 is 0 Å². The molecule has 0 fully saturated rings. The van der Waals surface area contributed by atoms with Crippen molar-refractivity contribution >= 4 is 22.6 Å². The first-order valence-corrected chi connectivity index (χ1v) is 10.4. The van der Waals surface area contributed by atoms with E-state index in [1.807, 2.05) is 48.5 Å². The topological polar surface area (TPSA) is 67.4 Å². The van der Waals surface area contributed by atoms with Crippen LogP contribution in [0, 0.1) is 0 Å². The van der Waals surface area contributed by atoms with Crippen molar-refractivity contribution in [3.63, 3.8) is 0 Å². The molecule has 0 heterocycles. The number of carbonyl (C=O) groups excluding carboxylic acids is 2. The van der Waals surface area contributed by atoms with Crippen LogP contribution in [0.15, 0.2) is 60.7 Å². The number of fused-ring (bicyclic) bond motifs is 2. The van der Waals surface area contributed by atoms with E-state index >= 15 is 0 Å². The molecule has 0 aliphatic heterocycles. The average molecular weight is 402 g/mol. The summed E-state index contributed by atoms with van der Waals surface area (Å²) in [5, 5.41) is 7.63. The van der Waals surface area contributed by atoms with Gasteiger partial charge in [0.05, 0.1) is 19.5 Å². The fraction of sp³-hybridized carbons (Fsp3) is 0.280. The van der Waals surface area contributed by atoms with E-state index in [9.17, 15) is 9.59 Å². The highest BCUT2D eigenvalue weighted by Gasteiger charge is 2.11. The smallest absolute Gasteiger partial charge is 0.239 e.